The van der Waals surface area contributed by atoms with Crippen molar-refractivity contribution in [1.29, 1.82) is 0 Å². The molecule has 0 unspecified atom stereocenters. The maximum atomic E-state index is 12.6. The van der Waals surface area contributed by atoms with Crippen molar-refractivity contribution in [3.05, 3.63) is 87.4 Å². The van der Waals surface area contributed by atoms with Gasteiger partial charge in [0.05, 0.1) is 22.4 Å². The van der Waals surface area contributed by atoms with Crippen LogP contribution >= 0.6 is 27.5 Å². The number of anilines is 1. The van der Waals surface area contributed by atoms with E-state index in [0.717, 1.165) is 4.47 Å². The van der Waals surface area contributed by atoms with Gasteiger partial charge in [0.2, 0.25) is 0 Å². The van der Waals surface area contributed by atoms with Crippen molar-refractivity contribution < 1.29 is 18.3 Å². The average Bonchev–Trinajstić information content (AvgIpc) is 2.71. The monoisotopic (exact) mass is 507 g/mol. The van der Waals surface area contributed by atoms with Gasteiger partial charge in [0, 0.05) is 15.1 Å². The number of carbonyl (C=O) groups excluding carboxylic acids is 1. The van der Waals surface area contributed by atoms with Crippen LogP contribution in [0.15, 0.2) is 81.2 Å². The van der Waals surface area contributed by atoms with Crippen molar-refractivity contribution in [3.8, 4) is 5.75 Å². The van der Waals surface area contributed by atoms with Gasteiger partial charge in [0.1, 0.15) is 5.75 Å². The molecule has 0 saturated heterocycles. The van der Waals surface area contributed by atoms with Crippen LogP contribution in [-0.2, 0) is 10.0 Å². The van der Waals surface area contributed by atoms with E-state index in [1.807, 2.05) is 0 Å². The number of nitrogens with zero attached hydrogens (tertiary/aromatic N) is 1. The molecule has 7 nitrogen and oxygen atoms in total. The van der Waals surface area contributed by atoms with Crippen molar-refractivity contribution in [2.75, 3.05) is 4.72 Å². The van der Waals surface area contributed by atoms with Crippen molar-refractivity contribution in [3.63, 3.8) is 0 Å². The van der Waals surface area contributed by atoms with Crippen LogP contribution < -0.4 is 10.1 Å². The van der Waals surface area contributed by atoms with Gasteiger partial charge in [0.15, 0.2) is 0 Å². The number of nitrogens with one attached hydrogen (secondary N) is 2. The fourth-order valence-corrected chi connectivity index (χ4v) is 4.02. The zero-order valence-electron chi connectivity index (χ0n) is 15.2. The fourth-order valence-electron chi connectivity index (χ4n) is 2.44. The molecule has 0 saturated carbocycles. The van der Waals surface area contributed by atoms with E-state index in [9.17, 15) is 18.3 Å². The predicted octanol–water partition coefficient (Wildman–Crippen LogP) is 4.37. The van der Waals surface area contributed by atoms with E-state index in [1.54, 1.807) is 24.3 Å². The Morgan fingerprint density at radius 2 is 1.77 bits per heavy atom. The Morgan fingerprint density at radius 1 is 1.07 bits per heavy atom. The zero-order valence-corrected chi connectivity index (χ0v) is 18.4. The molecule has 0 aliphatic carbocycles. The number of hydrogen-bond donors (Lipinski definition) is 3. The Hall–Kier alpha value is -2.88. The van der Waals surface area contributed by atoms with E-state index in [-0.39, 0.29) is 21.9 Å². The number of phenols is 1. The van der Waals surface area contributed by atoms with Gasteiger partial charge in [0.25, 0.3) is 15.9 Å². The molecule has 3 N–H and O–H groups in total. The first-order valence-electron chi connectivity index (χ1n) is 8.45. The summed E-state index contributed by atoms with van der Waals surface area (Å²) in [6.45, 7) is 0. The number of phenolic OH excluding ortho intramolecular Hbond substituents is 1. The second-order valence-corrected chi connectivity index (χ2v) is 9.04. The van der Waals surface area contributed by atoms with E-state index >= 15 is 0 Å². The summed E-state index contributed by atoms with van der Waals surface area (Å²) in [6, 6.07) is 16.5. The zero-order chi connectivity index (χ0) is 21.7. The van der Waals surface area contributed by atoms with Crippen LogP contribution in [0.3, 0.4) is 0 Å². The molecule has 0 radical (unpaired) electrons. The summed E-state index contributed by atoms with van der Waals surface area (Å²) in [6.07, 6.45) is 1.28. The first kappa shape index (κ1) is 21.8. The molecule has 0 aromatic heterocycles. The first-order chi connectivity index (χ1) is 14.3. The first-order valence-corrected chi connectivity index (χ1v) is 11.1. The van der Waals surface area contributed by atoms with E-state index in [4.69, 9.17) is 11.6 Å². The van der Waals surface area contributed by atoms with Crippen LogP contribution in [0.25, 0.3) is 0 Å². The number of hydrogen-bond acceptors (Lipinski definition) is 5. The Balaban J connectivity index is 1.79. The summed E-state index contributed by atoms with van der Waals surface area (Å²) in [4.78, 5) is 12.5. The van der Waals surface area contributed by atoms with Crippen LogP contribution in [0.1, 0.15) is 15.9 Å². The minimum absolute atomic E-state index is 0.00487. The lowest BCUT2D eigenvalue weighted by molar-refractivity contribution is 0.0956. The lowest BCUT2D eigenvalue weighted by Gasteiger charge is -2.11. The largest absolute Gasteiger partial charge is 0.507 e. The highest BCUT2D eigenvalue weighted by Gasteiger charge is 2.18. The van der Waals surface area contributed by atoms with Crippen LogP contribution in [0.5, 0.6) is 5.75 Å². The van der Waals surface area contributed by atoms with E-state index in [0.29, 0.717) is 10.6 Å². The van der Waals surface area contributed by atoms with E-state index in [1.165, 1.54) is 48.7 Å². The molecule has 10 heteroatoms. The van der Waals surface area contributed by atoms with Crippen LogP contribution in [0, 0.1) is 0 Å². The van der Waals surface area contributed by atoms with Crippen molar-refractivity contribution in [1.82, 2.24) is 5.43 Å². The molecule has 0 aliphatic heterocycles. The maximum absolute atomic E-state index is 12.6. The SMILES string of the molecule is O=C(N/N=C\c1cc(Br)ccc1O)c1ccccc1NS(=O)(=O)c1ccc(Cl)cc1. The third-order valence-corrected chi connectivity index (χ3v) is 6.03. The second kappa shape index (κ2) is 9.29. The molecule has 0 aliphatic rings. The van der Waals surface area contributed by atoms with Gasteiger partial charge in [-0.2, -0.15) is 5.10 Å². The molecular formula is C20H15BrClN3O4S. The summed E-state index contributed by atoms with van der Waals surface area (Å²) in [5.41, 5.74) is 2.87. The summed E-state index contributed by atoms with van der Waals surface area (Å²) >= 11 is 9.08. The number of sulfonamides is 1. The summed E-state index contributed by atoms with van der Waals surface area (Å²) in [5.74, 6) is -0.637. The van der Waals surface area contributed by atoms with Gasteiger partial charge in [-0.05, 0) is 54.6 Å². The predicted molar refractivity (Wildman–Crippen MR) is 120 cm³/mol. The molecule has 0 spiro atoms. The molecule has 0 heterocycles. The molecule has 30 heavy (non-hydrogen) atoms. The highest BCUT2D eigenvalue weighted by Crippen LogP contribution is 2.22. The number of benzene rings is 3. The topological polar surface area (TPSA) is 108 Å². The van der Waals surface area contributed by atoms with Gasteiger partial charge in [-0.15, -0.1) is 0 Å². The van der Waals surface area contributed by atoms with Crippen molar-refractivity contribution in [2.45, 2.75) is 4.90 Å². The molecule has 3 aromatic rings. The van der Waals surface area contributed by atoms with Gasteiger partial charge < -0.3 is 5.11 Å². The fraction of sp³-hybridized carbons (Fsp3) is 0. The molecule has 154 valence electrons. The molecule has 0 fully saturated rings. The number of para-hydroxylation sites is 1. The summed E-state index contributed by atoms with van der Waals surface area (Å²) in [5, 5.41) is 14.0. The molecule has 0 bridgehead atoms. The van der Waals surface area contributed by atoms with Gasteiger partial charge in [-0.25, -0.2) is 13.8 Å². The normalized spacial score (nSPS) is 11.4. The lowest BCUT2D eigenvalue weighted by Crippen LogP contribution is -2.21. The number of hydrazone groups is 1. The smallest absolute Gasteiger partial charge is 0.273 e. The van der Waals surface area contributed by atoms with Crippen molar-refractivity contribution in [2.24, 2.45) is 5.10 Å². The molecule has 0 atom stereocenters. The summed E-state index contributed by atoms with van der Waals surface area (Å²) < 4.78 is 28.3. The highest BCUT2D eigenvalue weighted by atomic mass is 79.9. The van der Waals surface area contributed by atoms with Gasteiger partial charge in [-0.1, -0.05) is 39.7 Å². The number of halogens is 2. The van der Waals surface area contributed by atoms with Crippen molar-refractivity contribution >= 4 is 55.4 Å². The molecule has 3 aromatic carbocycles. The number of aromatic hydroxyl groups is 1. The van der Waals surface area contributed by atoms with E-state index < -0.39 is 15.9 Å². The molecular weight excluding hydrogens is 494 g/mol. The quantitative estimate of drug-likeness (QED) is 0.339. The maximum Gasteiger partial charge on any atom is 0.273 e. The van der Waals surface area contributed by atoms with Gasteiger partial charge >= 0.3 is 0 Å². The minimum atomic E-state index is -3.93. The van der Waals surface area contributed by atoms with Crippen LogP contribution in [0.2, 0.25) is 5.02 Å². The molecule has 3 rings (SSSR count). The lowest BCUT2D eigenvalue weighted by atomic mass is 10.2. The third kappa shape index (κ3) is 5.38. The number of amides is 1. The Bertz CT molecular complexity index is 1210. The molecule has 1 amide bonds. The Labute approximate surface area is 186 Å². The number of carbonyl (C=O) groups is 1. The Morgan fingerprint density at radius 3 is 2.50 bits per heavy atom. The second-order valence-electron chi connectivity index (χ2n) is 6.01. The minimum Gasteiger partial charge on any atom is -0.507 e. The standard InChI is InChI=1S/C20H15BrClN3O4S/c21-14-5-10-19(26)13(11-14)12-23-24-20(27)17-3-1-2-4-18(17)25-30(28,29)16-8-6-15(22)7-9-16/h1-12,25-26H,(H,24,27)/b23-12-. The van der Waals surface area contributed by atoms with E-state index in [2.05, 4.69) is 31.2 Å². The summed E-state index contributed by atoms with van der Waals surface area (Å²) in [7, 11) is -3.93. The van der Waals surface area contributed by atoms with Crippen LogP contribution in [0.4, 0.5) is 5.69 Å². The van der Waals surface area contributed by atoms with Gasteiger partial charge in [-0.3, -0.25) is 9.52 Å². The van der Waals surface area contributed by atoms with Crippen LogP contribution in [-0.4, -0.2) is 25.6 Å². The third-order valence-electron chi connectivity index (χ3n) is 3.90. The highest BCUT2D eigenvalue weighted by molar-refractivity contribution is 9.10. The average molecular weight is 509 g/mol. The number of rotatable bonds is 6. The Kier molecular flexibility index (Phi) is 6.76.